The zero-order valence-corrected chi connectivity index (χ0v) is 15.1. The predicted octanol–water partition coefficient (Wildman–Crippen LogP) is 4.79. The van der Waals surface area contributed by atoms with Gasteiger partial charge in [0.2, 0.25) is 0 Å². The third kappa shape index (κ3) is 4.19. The molecular formula is C19H15BrN2OS. The van der Waals surface area contributed by atoms with Crippen LogP contribution in [-0.2, 0) is 4.79 Å². The number of carbonyl (C=O) groups is 1. The first-order chi connectivity index (χ1) is 11.7. The van der Waals surface area contributed by atoms with Gasteiger partial charge in [-0.25, -0.2) is 5.43 Å². The number of benzene rings is 2. The summed E-state index contributed by atoms with van der Waals surface area (Å²) in [5, 5.41) is 4.09. The van der Waals surface area contributed by atoms with E-state index in [2.05, 4.69) is 26.5 Å². The zero-order chi connectivity index (χ0) is 16.8. The minimum Gasteiger partial charge on any atom is -0.272 e. The monoisotopic (exact) mass is 398 g/mol. The lowest BCUT2D eigenvalue weighted by molar-refractivity contribution is -0.121. The van der Waals surface area contributed by atoms with Crippen LogP contribution in [0.15, 0.2) is 81.7 Å². The highest BCUT2D eigenvalue weighted by Gasteiger charge is 2.22. The molecule has 2 aromatic carbocycles. The number of rotatable bonds is 5. The molecule has 5 heteroatoms. The van der Waals surface area contributed by atoms with Crippen LogP contribution in [0.5, 0.6) is 0 Å². The van der Waals surface area contributed by atoms with Gasteiger partial charge < -0.3 is 0 Å². The Morgan fingerprint density at radius 3 is 2.04 bits per heavy atom. The second kappa shape index (κ2) is 8.04. The van der Waals surface area contributed by atoms with Gasteiger partial charge in [0.05, 0.1) is 15.9 Å². The molecule has 0 aliphatic rings. The highest BCUT2D eigenvalue weighted by molar-refractivity contribution is 9.11. The number of nitrogens with zero attached hydrogens (tertiary/aromatic N) is 1. The standard InChI is InChI=1S/C19H15BrN2OS/c20-17-12-11-16(24-17)13-21-22-19(23)18(14-7-3-1-4-8-14)15-9-5-2-6-10-15/h1-13,18H,(H,22,23)/b21-13-. The van der Waals surface area contributed by atoms with E-state index in [-0.39, 0.29) is 11.8 Å². The van der Waals surface area contributed by atoms with Crippen molar-refractivity contribution in [2.24, 2.45) is 5.10 Å². The van der Waals surface area contributed by atoms with Crippen molar-refractivity contribution in [1.29, 1.82) is 0 Å². The largest absolute Gasteiger partial charge is 0.272 e. The number of carbonyl (C=O) groups excluding carboxylic acids is 1. The Hall–Kier alpha value is -2.24. The Labute approximate surface area is 153 Å². The SMILES string of the molecule is O=C(N/N=C\c1ccc(Br)s1)C(c1ccccc1)c1ccccc1. The van der Waals surface area contributed by atoms with Crippen LogP contribution < -0.4 is 5.43 Å². The maximum Gasteiger partial charge on any atom is 0.252 e. The molecule has 0 unspecified atom stereocenters. The summed E-state index contributed by atoms with van der Waals surface area (Å²) in [7, 11) is 0. The number of thiophene rings is 1. The molecule has 1 heterocycles. The van der Waals surface area contributed by atoms with Crippen molar-refractivity contribution in [3.05, 3.63) is 92.6 Å². The van der Waals surface area contributed by atoms with Gasteiger partial charge in [0.25, 0.3) is 5.91 Å². The summed E-state index contributed by atoms with van der Waals surface area (Å²) >= 11 is 4.96. The second-order valence-corrected chi connectivity index (χ2v) is 7.63. The quantitative estimate of drug-likeness (QED) is 0.486. The summed E-state index contributed by atoms with van der Waals surface area (Å²) in [6, 6.07) is 23.3. The first-order valence-corrected chi connectivity index (χ1v) is 9.03. The van der Waals surface area contributed by atoms with E-state index in [1.807, 2.05) is 72.8 Å². The van der Waals surface area contributed by atoms with Crippen LogP contribution in [-0.4, -0.2) is 12.1 Å². The van der Waals surface area contributed by atoms with Gasteiger partial charge >= 0.3 is 0 Å². The molecule has 0 spiro atoms. The van der Waals surface area contributed by atoms with E-state index < -0.39 is 0 Å². The van der Waals surface area contributed by atoms with E-state index in [9.17, 15) is 4.79 Å². The fraction of sp³-hybridized carbons (Fsp3) is 0.0526. The number of hydrogen-bond acceptors (Lipinski definition) is 3. The van der Waals surface area contributed by atoms with Crippen molar-refractivity contribution in [2.75, 3.05) is 0 Å². The van der Waals surface area contributed by atoms with Crippen LogP contribution in [0.2, 0.25) is 0 Å². The molecule has 0 aliphatic heterocycles. The van der Waals surface area contributed by atoms with Crippen molar-refractivity contribution in [3.63, 3.8) is 0 Å². The van der Waals surface area contributed by atoms with E-state index in [4.69, 9.17) is 0 Å². The van der Waals surface area contributed by atoms with Crippen molar-refractivity contribution in [3.8, 4) is 0 Å². The molecule has 0 saturated heterocycles. The normalized spacial score (nSPS) is 11.1. The number of hydrazone groups is 1. The summed E-state index contributed by atoms with van der Waals surface area (Å²) in [6.07, 6.45) is 1.65. The number of halogens is 1. The second-order valence-electron chi connectivity index (χ2n) is 5.13. The predicted molar refractivity (Wildman–Crippen MR) is 102 cm³/mol. The third-order valence-corrected chi connectivity index (χ3v) is 5.05. The molecule has 3 nitrogen and oxygen atoms in total. The summed E-state index contributed by atoms with van der Waals surface area (Å²) < 4.78 is 1.03. The van der Waals surface area contributed by atoms with Crippen LogP contribution in [0.3, 0.4) is 0 Å². The summed E-state index contributed by atoms with van der Waals surface area (Å²) in [5.41, 5.74) is 4.54. The highest BCUT2D eigenvalue weighted by Crippen LogP contribution is 2.25. The molecule has 1 aromatic heterocycles. The molecule has 120 valence electrons. The lowest BCUT2D eigenvalue weighted by atomic mass is 9.91. The van der Waals surface area contributed by atoms with Crippen molar-refractivity contribution < 1.29 is 4.79 Å². The number of nitrogens with one attached hydrogen (secondary N) is 1. The number of hydrogen-bond donors (Lipinski definition) is 1. The minimum absolute atomic E-state index is 0.153. The molecule has 0 atom stereocenters. The lowest BCUT2D eigenvalue weighted by Gasteiger charge is -2.16. The van der Waals surface area contributed by atoms with Crippen molar-refractivity contribution >= 4 is 39.4 Å². The molecule has 1 amide bonds. The van der Waals surface area contributed by atoms with E-state index in [0.29, 0.717) is 0 Å². The average molecular weight is 399 g/mol. The van der Waals surface area contributed by atoms with Gasteiger partial charge in [-0.05, 0) is 39.2 Å². The smallest absolute Gasteiger partial charge is 0.252 e. The van der Waals surface area contributed by atoms with Crippen LogP contribution >= 0.6 is 27.3 Å². The molecular weight excluding hydrogens is 384 g/mol. The minimum atomic E-state index is -0.389. The lowest BCUT2D eigenvalue weighted by Crippen LogP contribution is -2.26. The van der Waals surface area contributed by atoms with Gasteiger partial charge in [-0.2, -0.15) is 5.10 Å². The molecule has 0 saturated carbocycles. The van der Waals surface area contributed by atoms with Crippen molar-refractivity contribution in [2.45, 2.75) is 5.92 Å². The van der Waals surface area contributed by atoms with Gasteiger partial charge in [-0.3, -0.25) is 4.79 Å². The average Bonchev–Trinajstić information content (AvgIpc) is 3.02. The molecule has 24 heavy (non-hydrogen) atoms. The molecule has 3 rings (SSSR count). The molecule has 0 radical (unpaired) electrons. The van der Waals surface area contributed by atoms with E-state index in [0.717, 1.165) is 19.8 Å². The topological polar surface area (TPSA) is 41.5 Å². The fourth-order valence-corrected chi connectivity index (χ4v) is 3.70. The summed E-state index contributed by atoms with van der Waals surface area (Å²) in [6.45, 7) is 0. The maximum atomic E-state index is 12.7. The Morgan fingerprint density at radius 2 is 1.54 bits per heavy atom. The van der Waals surface area contributed by atoms with E-state index in [1.165, 1.54) is 0 Å². The Bertz CT molecular complexity index is 791. The Balaban J connectivity index is 1.80. The van der Waals surface area contributed by atoms with E-state index in [1.54, 1.807) is 17.6 Å². The Morgan fingerprint density at radius 1 is 0.958 bits per heavy atom. The molecule has 0 fully saturated rings. The van der Waals surface area contributed by atoms with Gasteiger partial charge in [-0.15, -0.1) is 11.3 Å². The molecule has 3 aromatic rings. The van der Waals surface area contributed by atoms with Gasteiger partial charge in [0.15, 0.2) is 0 Å². The van der Waals surface area contributed by atoms with Crippen LogP contribution in [0.4, 0.5) is 0 Å². The van der Waals surface area contributed by atoms with Crippen LogP contribution in [0.1, 0.15) is 21.9 Å². The Kier molecular flexibility index (Phi) is 5.56. The third-order valence-electron chi connectivity index (χ3n) is 3.49. The number of amides is 1. The molecule has 0 aliphatic carbocycles. The first kappa shape index (κ1) is 16.6. The first-order valence-electron chi connectivity index (χ1n) is 7.42. The van der Waals surface area contributed by atoms with Gasteiger partial charge in [-0.1, -0.05) is 60.7 Å². The fourth-order valence-electron chi connectivity index (χ4n) is 2.41. The summed E-state index contributed by atoms with van der Waals surface area (Å²) in [5.74, 6) is -0.543. The van der Waals surface area contributed by atoms with Gasteiger partial charge in [0, 0.05) is 4.88 Å². The van der Waals surface area contributed by atoms with Gasteiger partial charge in [0.1, 0.15) is 0 Å². The molecule has 0 bridgehead atoms. The summed E-state index contributed by atoms with van der Waals surface area (Å²) in [4.78, 5) is 13.7. The van der Waals surface area contributed by atoms with Crippen LogP contribution in [0.25, 0.3) is 0 Å². The zero-order valence-electron chi connectivity index (χ0n) is 12.7. The van der Waals surface area contributed by atoms with Crippen molar-refractivity contribution in [1.82, 2.24) is 5.43 Å². The maximum absolute atomic E-state index is 12.7. The van der Waals surface area contributed by atoms with Crippen LogP contribution in [0, 0.1) is 0 Å². The van der Waals surface area contributed by atoms with E-state index >= 15 is 0 Å². The molecule has 1 N–H and O–H groups in total. The highest BCUT2D eigenvalue weighted by atomic mass is 79.9.